The number of β-amino-alcohol motifs (C(OH)–C–C–N with tert-alkyl or cyclic N) is 1. The molecule has 0 atom stereocenters. The molecule has 9 nitrogen and oxygen atoms in total. The minimum atomic E-state index is -0.767. The standard InChI is InChI=1S/C27H35N3O6/c1-7-26(2,3)24(34)36-17-15-30-23(33)18(22(32)28(6)25(30)35)12-13-21-27(4,5)19-10-8-9-11-20(19)29(21)14-16-31/h8-13,31H,7,14-17H2,1-6H3/b18-12+,21-13+. The van der Waals surface area contributed by atoms with Gasteiger partial charge in [-0.05, 0) is 44.1 Å². The van der Waals surface area contributed by atoms with Gasteiger partial charge in [0.15, 0.2) is 0 Å². The summed E-state index contributed by atoms with van der Waals surface area (Å²) in [6.45, 7) is 9.41. The smallest absolute Gasteiger partial charge is 0.333 e. The van der Waals surface area contributed by atoms with Crippen LogP contribution < -0.4 is 4.90 Å². The molecule has 4 amide bonds. The van der Waals surface area contributed by atoms with E-state index >= 15 is 0 Å². The largest absolute Gasteiger partial charge is 0.463 e. The number of aliphatic hydroxyl groups excluding tert-OH is 1. The maximum Gasteiger partial charge on any atom is 0.333 e. The Labute approximate surface area is 212 Å². The molecule has 0 saturated carbocycles. The zero-order valence-electron chi connectivity index (χ0n) is 21.8. The van der Waals surface area contributed by atoms with Crippen LogP contribution in [0.3, 0.4) is 0 Å². The molecule has 0 radical (unpaired) electrons. The van der Waals surface area contributed by atoms with Crippen LogP contribution in [-0.2, 0) is 24.5 Å². The maximum absolute atomic E-state index is 13.2. The number of nitrogens with zero attached hydrogens (tertiary/aromatic N) is 3. The summed E-state index contributed by atoms with van der Waals surface area (Å²) in [4.78, 5) is 54.7. The molecule has 1 aromatic rings. The van der Waals surface area contributed by atoms with Crippen LogP contribution in [0.1, 0.15) is 46.6 Å². The Kier molecular flexibility index (Phi) is 7.73. The third-order valence-corrected chi connectivity index (χ3v) is 7.04. The molecule has 0 unspecified atom stereocenters. The summed E-state index contributed by atoms with van der Waals surface area (Å²) in [5, 5.41) is 9.65. The van der Waals surface area contributed by atoms with Crippen LogP contribution in [0.5, 0.6) is 0 Å². The van der Waals surface area contributed by atoms with E-state index in [0.29, 0.717) is 13.0 Å². The van der Waals surface area contributed by atoms with Crippen LogP contribution in [0.4, 0.5) is 10.5 Å². The molecule has 2 aliphatic rings. The predicted molar refractivity (Wildman–Crippen MR) is 135 cm³/mol. The number of benzene rings is 1. The van der Waals surface area contributed by atoms with E-state index in [1.165, 1.54) is 13.1 Å². The molecule has 1 saturated heterocycles. The number of aliphatic hydroxyl groups is 1. The van der Waals surface area contributed by atoms with Crippen molar-refractivity contribution in [2.45, 2.75) is 46.5 Å². The lowest BCUT2D eigenvalue weighted by molar-refractivity contribution is -0.155. The van der Waals surface area contributed by atoms with Crippen molar-refractivity contribution < 1.29 is 29.0 Å². The van der Waals surface area contributed by atoms with Crippen molar-refractivity contribution in [3.8, 4) is 0 Å². The number of imide groups is 2. The summed E-state index contributed by atoms with van der Waals surface area (Å²) in [5.74, 6) is -1.86. The minimum Gasteiger partial charge on any atom is -0.463 e. The van der Waals surface area contributed by atoms with E-state index in [-0.39, 0.29) is 25.3 Å². The van der Waals surface area contributed by atoms with Crippen molar-refractivity contribution in [1.82, 2.24) is 9.80 Å². The number of ether oxygens (including phenoxy) is 1. The molecule has 0 aromatic heterocycles. The number of carbonyl (C=O) groups is 4. The van der Waals surface area contributed by atoms with Crippen molar-refractivity contribution in [3.05, 3.63) is 53.3 Å². The summed E-state index contributed by atoms with van der Waals surface area (Å²) >= 11 is 0. The van der Waals surface area contributed by atoms with Gasteiger partial charge >= 0.3 is 12.0 Å². The first-order chi connectivity index (χ1) is 16.9. The van der Waals surface area contributed by atoms with Crippen LogP contribution in [0, 0.1) is 5.41 Å². The first kappa shape index (κ1) is 27.1. The average molecular weight is 498 g/mol. The second kappa shape index (κ2) is 10.3. The number of urea groups is 1. The topological polar surface area (TPSA) is 107 Å². The number of carbonyl (C=O) groups excluding carboxylic acids is 4. The molecule has 2 aliphatic heterocycles. The van der Waals surface area contributed by atoms with E-state index in [1.807, 2.05) is 49.9 Å². The summed E-state index contributed by atoms with van der Waals surface area (Å²) in [6, 6.07) is 7.07. The van der Waals surface area contributed by atoms with E-state index in [0.717, 1.165) is 26.7 Å². The fraction of sp³-hybridized carbons (Fsp3) is 0.481. The fourth-order valence-electron chi connectivity index (χ4n) is 4.33. The molecule has 1 fully saturated rings. The van der Waals surface area contributed by atoms with Crippen molar-refractivity contribution in [1.29, 1.82) is 0 Å². The zero-order valence-corrected chi connectivity index (χ0v) is 21.8. The summed E-state index contributed by atoms with van der Waals surface area (Å²) < 4.78 is 5.29. The molecule has 1 N–H and O–H groups in total. The van der Waals surface area contributed by atoms with Gasteiger partial charge in [-0.1, -0.05) is 39.0 Å². The molecule has 0 spiro atoms. The second-order valence-corrected chi connectivity index (χ2v) is 10.1. The van der Waals surface area contributed by atoms with Gasteiger partial charge in [0, 0.05) is 30.4 Å². The monoisotopic (exact) mass is 497 g/mol. The number of allylic oxidation sites excluding steroid dienone is 3. The number of fused-ring (bicyclic) bond motifs is 1. The molecular weight excluding hydrogens is 462 g/mol. The third-order valence-electron chi connectivity index (χ3n) is 7.04. The van der Waals surface area contributed by atoms with Gasteiger partial charge in [-0.2, -0.15) is 0 Å². The van der Waals surface area contributed by atoms with Gasteiger partial charge in [0.05, 0.1) is 18.6 Å². The Hall–Kier alpha value is -3.46. The molecule has 36 heavy (non-hydrogen) atoms. The quantitative estimate of drug-likeness (QED) is 0.334. The molecular formula is C27H35N3O6. The number of anilines is 1. The highest BCUT2D eigenvalue weighted by Crippen LogP contribution is 2.47. The first-order valence-corrected chi connectivity index (χ1v) is 12.1. The van der Waals surface area contributed by atoms with Gasteiger partial charge in [-0.15, -0.1) is 0 Å². The highest BCUT2D eigenvalue weighted by Gasteiger charge is 2.42. The number of barbiturate groups is 1. The molecule has 9 heteroatoms. The van der Waals surface area contributed by atoms with E-state index < -0.39 is 34.6 Å². The van der Waals surface area contributed by atoms with Gasteiger partial charge in [0.1, 0.15) is 12.2 Å². The van der Waals surface area contributed by atoms with Crippen molar-refractivity contribution in [2.24, 2.45) is 5.41 Å². The van der Waals surface area contributed by atoms with Crippen LogP contribution >= 0.6 is 0 Å². The molecule has 3 rings (SSSR count). The predicted octanol–water partition coefficient (Wildman–Crippen LogP) is 2.99. The Morgan fingerprint density at radius 1 is 1.06 bits per heavy atom. The summed E-state index contributed by atoms with van der Waals surface area (Å²) in [5.41, 5.74) is 1.55. The Morgan fingerprint density at radius 3 is 2.36 bits per heavy atom. The van der Waals surface area contributed by atoms with Gasteiger partial charge in [-0.25, -0.2) is 4.79 Å². The molecule has 194 valence electrons. The SMILES string of the molecule is CCC(C)(C)C(=O)OCCN1C(=O)/C(=C/C=C2/N(CCO)c3ccccc3C2(C)C)C(=O)N(C)C1=O. The highest BCUT2D eigenvalue weighted by molar-refractivity contribution is 6.28. The fourth-order valence-corrected chi connectivity index (χ4v) is 4.33. The number of hydrogen-bond donors (Lipinski definition) is 1. The van der Waals surface area contributed by atoms with Gasteiger partial charge < -0.3 is 14.7 Å². The number of esters is 1. The number of amides is 4. The van der Waals surface area contributed by atoms with Gasteiger partial charge in [0.2, 0.25) is 0 Å². The third kappa shape index (κ3) is 4.80. The number of hydrogen-bond acceptors (Lipinski definition) is 7. The van der Waals surface area contributed by atoms with Crippen LogP contribution in [0.2, 0.25) is 0 Å². The molecule has 2 heterocycles. The number of rotatable bonds is 8. The average Bonchev–Trinajstić information content (AvgIpc) is 3.06. The maximum atomic E-state index is 13.2. The van der Waals surface area contributed by atoms with Crippen LogP contribution in [0.15, 0.2) is 47.7 Å². The Morgan fingerprint density at radius 2 is 1.72 bits per heavy atom. The van der Waals surface area contributed by atoms with Crippen LogP contribution in [0.25, 0.3) is 0 Å². The first-order valence-electron chi connectivity index (χ1n) is 12.1. The lowest BCUT2D eigenvalue weighted by Crippen LogP contribution is -2.55. The lowest BCUT2D eigenvalue weighted by atomic mass is 9.83. The highest BCUT2D eigenvalue weighted by atomic mass is 16.5. The van der Waals surface area contributed by atoms with Crippen LogP contribution in [-0.4, -0.2) is 72.1 Å². The molecule has 0 aliphatic carbocycles. The Balaban J connectivity index is 1.89. The van der Waals surface area contributed by atoms with Crippen molar-refractivity contribution in [3.63, 3.8) is 0 Å². The van der Waals surface area contributed by atoms with E-state index in [9.17, 15) is 24.3 Å². The van der Waals surface area contributed by atoms with E-state index in [4.69, 9.17) is 4.74 Å². The zero-order chi connectivity index (χ0) is 26.8. The molecule has 0 bridgehead atoms. The number of para-hydroxylation sites is 1. The minimum absolute atomic E-state index is 0.0746. The van der Waals surface area contributed by atoms with Crippen molar-refractivity contribution >= 4 is 29.5 Å². The van der Waals surface area contributed by atoms with Gasteiger partial charge in [0.25, 0.3) is 11.8 Å². The Bertz CT molecular complexity index is 1130. The molecule has 1 aromatic carbocycles. The summed E-state index contributed by atoms with van der Waals surface area (Å²) in [6.07, 6.45) is 3.71. The van der Waals surface area contributed by atoms with E-state index in [1.54, 1.807) is 19.9 Å². The normalized spacial score (nSPS) is 20.0. The van der Waals surface area contributed by atoms with E-state index in [2.05, 4.69) is 0 Å². The lowest BCUT2D eigenvalue weighted by Gasteiger charge is -2.32. The summed E-state index contributed by atoms with van der Waals surface area (Å²) in [7, 11) is 1.31. The number of likely N-dealkylation sites (N-methyl/N-ethyl adjacent to an activating group) is 1. The second-order valence-electron chi connectivity index (χ2n) is 10.1. The van der Waals surface area contributed by atoms with Gasteiger partial charge in [-0.3, -0.25) is 24.2 Å². The van der Waals surface area contributed by atoms with Crippen molar-refractivity contribution in [2.75, 3.05) is 38.3 Å².